The van der Waals surface area contributed by atoms with Gasteiger partial charge in [-0.05, 0) is 42.5 Å². The van der Waals surface area contributed by atoms with Crippen LogP contribution < -0.4 is 19.9 Å². The molecule has 23 heavy (non-hydrogen) atoms. The quantitative estimate of drug-likeness (QED) is 0.747. The van der Waals surface area contributed by atoms with Crippen LogP contribution in [0.3, 0.4) is 0 Å². The standard InChI is InChI=1S/C16H14N4O3/c1-21-16-18-15(10-2-7-13-14(8-10)23-9-22-13)20(19-16)12-5-3-11(17)4-6-12/h2-8H,9,17H2,1H3. The first-order valence-corrected chi connectivity index (χ1v) is 7.01. The molecule has 0 atom stereocenters. The summed E-state index contributed by atoms with van der Waals surface area (Å²) in [5, 5.41) is 4.37. The van der Waals surface area contributed by atoms with Gasteiger partial charge in [-0.3, -0.25) is 0 Å². The molecule has 0 fully saturated rings. The fourth-order valence-corrected chi connectivity index (χ4v) is 2.40. The molecule has 0 aliphatic carbocycles. The molecule has 0 amide bonds. The van der Waals surface area contributed by atoms with Gasteiger partial charge in [0.05, 0.1) is 12.8 Å². The van der Waals surface area contributed by atoms with E-state index in [9.17, 15) is 0 Å². The number of anilines is 1. The monoisotopic (exact) mass is 310 g/mol. The van der Waals surface area contributed by atoms with E-state index in [4.69, 9.17) is 19.9 Å². The number of ether oxygens (including phenoxy) is 3. The number of hydrogen-bond donors (Lipinski definition) is 1. The lowest BCUT2D eigenvalue weighted by atomic mass is 10.2. The lowest BCUT2D eigenvalue weighted by Gasteiger charge is -2.06. The Morgan fingerprint density at radius 1 is 1.09 bits per heavy atom. The SMILES string of the molecule is COc1nc(-c2ccc3c(c2)OCO3)n(-c2ccc(N)cc2)n1. The van der Waals surface area contributed by atoms with Gasteiger partial charge in [-0.15, -0.1) is 5.10 Å². The highest BCUT2D eigenvalue weighted by atomic mass is 16.7. The van der Waals surface area contributed by atoms with Crippen molar-refractivity contribution in [2.75, 3.05) is 19.6 Å². The Morgan fingerprint density at radius 2 is 1.87 bits per heavy atom. The highest BCUT2D eigenvalue weighted by Crippen LogP contribution is 2.36. The van der Waals surface area contributed by atoms with Gasteiger partial charge in [0.1, 0.15) is 0 Å². The largest absolute Gasteiger partial charge is 0.466 e. The van der Waals surface area contributed by atoms with Gasteiger partial charge in [0.15, 0.2) is 17.3 Å². The van der Waals surface area contributed by atoms with E-state index in [0.717, 1.165) is 17.0 Å². The van der Waals surface area contributed by atoms with Crippen LogP contribution >= 0.6 is 0 Å². The van der Waals surface area contributed by atoms with Crippen LogP contribution in [0.5, 0.6) is 17.5 Å². The topological polar surface area (TPSA) is 84.4 Å². The van der Waals surface area contributed by atoms with Gasteiger partial charge in [0.25, 0.3) is 0 Å². The zero-order valence-corrected chi connectivity index (χ0v) is 12.4. The van der Waals surface area contributed by atoms with Crippen molar-refractivity contribution in [2.24, 2.45) is 0 Å². The zero-order chi connectivity index (χ0) is 15.8. The molecule has 4 rings (SSSR count). The number of benzene rings is 2. The van der Waals surface area contributed by atoms with E-state index in [0.29, 0.717) is 17.3 Å². The Labute approximate surface area is 132 Å². The van der Waals surface area contributed by atoms with Crippen molar-refractivity contribution in [3.8, 4) is 34.6 Å². The van der Waals surface area contributed by atoms with Gasteiger partial charge in [0, 0.05) is 11.3 Å². The average Bonchev–Trinajstić information content (AvgIpc) is 3.21. The summed E-state index contributed by atoms with van der Waals surface area (Å²) in [5.74, 6) is 2.05. The van der Waals surface area contributed by atoms with Crippen LogP contribution in [0.1, 0.15) is 0 Å². The van der Waals surface area contributed by atoms with Crippen LogP contribution in [-0.2, 0) is 0 Å². The molecule has 1 aliphatic rings. The molecular formula is C16H14N4O3. The Hall–Kier alpha value is -3.22. The molecule has 7 nitrogen and oxygen atoms in total. The Balaban J connectivity index is 1.84. The van der Waals surface area contributed by atoms with E-state index >= 15 is 0 Å². The first kappa shape index (κ1) is 13.4. The molecule has 0 saturated heterocycles. The van der Waals surface area contributed by atoms with Gasteiger partial charge in [0.2, 0.25) is 6.79 Å². The summed E-state index contributed by atoms with van der Waals surface area (Å²) in [5.41, 5.74) is 8.12. The normalized spacial score (nSPS) is 12.4. The molecule has 1 aromatic heterocycles. The van der Waals surface area contributed by atoms with E-state index in [1.54, 1.807) is 4.68 Å². The summed E-state index contributed by atoms with van der Waals surface area (Å²) in [6.07, 6.45) is 0. The summed E-state index contributed by atoms with van der Waals surface area (Å²) in [4.78, 5) is 4.43. The number of aromatic nitrogens is 3. The summed E-state index contributed by atoms with van der Waals surface area (Å²) in [6.45, 7) is 0.229. The van der Waals surface area contributed by atoms with Crippen molar-refractivity contribution in [2.45, 2.75) is 0 Å². The lowest BCUT2D eigenvalue weighted by molar-refractivity contribution is 0.174. The van der Waals surface area contributed by atoms with Crippen molar-refractivity contribution >= 4 is 5.69 Å². The van der Waals surface area contributed by atoms with E-state index in [-0.39, 0.29) is 12.8 Å². The predicted octanol–water partition coefficient (Wildman–Crippen LogP) is 2.25. The van der Waals surface area contributed by atoms with E-state index in [1.165, 1.54) is 7.11 Å². The number of nitrogen functional groups attached to an aromatic ring is 1. The third-order valence-electron chi connectivity index (χ3n) is 3.54. The smallest absolute Gasteiger partial charge is 0.336 e. The molecule has 2 aromatic carbocycles. The van der Waals surface area contributed by atoms with Gasteiger partial charge in [-0.25, -0.2) is 4.68 Å². The summed E-state index contributed by atoms with van der Waals surface area (Å²) in [7, 11) is 1.53. The van der Waals surface area contributed by atoms with E-state index in [1.807, 2.05) is 42.5 Å². The molecule has 116 valence electrons. The maximum Gasteiger partial charge on any atom is 0.336 e. The van der Waals surface area contributed by atoms with Crippen LogP contribution in [0.4, 0.5) is 5.69 Å². The molecule has 0 unspecified atom stereocenters. The fraction of sp³-hybridized carbons (Fsp3) is 0.125. The number of methoxy groups -OCH3 is 1. The molecule has 0 saturated carbocycles. The Morgan fingerprint density at radius 3 is 2.65 bits per heavy atom. The summed E-state index contributed by atoms with van der Waals surface area (Å²) in [6, 6.07) is 13.3. The molecule has 2 heterocycles. The molecule has 1 aliphatic heterocycles. The minimum absolute atomic E-state index is 0.229. The second-order valence-corrected chi connectivity index (χ2v) is 4.99. The third-order valence-corrected chi connectivity index (χ3v) is 3.54. The second-order valence-electron chi connectivity index (χ2n) is 4.99. The van der Waals surface area contributed by atoms with Crippen LogP contribution in [0, 0.1) is 0 Å². The van der Waals surface area contributed by atoms with E-state index < -0.39 is 0 Å². The maximum absolute atomic E-state index is 5.75. The molecule has 0 spiro atoms. The highest BCUT2D eigenvalue weighted by Gasteiger charge is 2.19. The minimum atomic E-state index is 0.229. The van der Waals surface area contributed by atoms with E-state index in [2.05, 4.69) is 10.1 Å². The number of nitrogens with two attached hydrogens (primary N) is 1. The van der Waals surface area contributed by atoms with Gasteiger partial charge < -0.3 is 19.9 Å². The third kappa shape index (κ3) is 2.32. The van der Waals surface area contributed by atoms with Gasteiger partial charge in [-0.1, -0.05) is 0 Å². The van der Waals surface area contributed by atoms with Crippen LogP contribution in [-0.4, -0.2) is 28.7 Å². The number of hydrogen-bond acceptors (Lipinski definition) is 6. The number of rotatable bonds is 3. The predicted molar refractivity (Wildman–Crippen MR) is 83.9 cm³/mol. The van der Waals surface area contributed by atoms with Gasteiger partial charge >= 0.3 is 6.01 Å². The van der Waals surface area contributed by atoms with Crippen molar-refractivity contribution in [3.05, 3.63) is 42.5 Å². The van der Waals surface area contributed by atoms with Crippen molar-refractivity contribution in [1.29, 1.82) is 0 Å². The van der Waals surface area contributed by atoms with Gasteiger partial charge in [-0.2, -0.15) is 4.98 Å². The minimum Gasteiger partial charge on any atom is -0.466 e. The zero-order valence-electron chi connectivity index (χ0n) is 12.4. The van der Waals surface area contributed by atoms with Crippen molar-refractivity contribution < 1.29 is 14.2 Å². The molecule has 2 N–H and O–H groups in total. The molecule has 0 bridgehead atoms. The molecular weight excluding hydrogens is 296 g/mol. The van der Waals surface area contributed by atoms with Crippen LogP contribution in [0.25, 0.3) is 17.1 Å². The van der Waals surface area contributed by atoms with Crippen LogP contribution in [0.2, 0.25) is 0 Å². The lowest BCUT2D eigenvalue weighted by Crippen LogP contribution is -2.00. The first-order chi connectivity index (χ1) is 11.2. The van der Waals surface area contributed by atoms with Crippen molar-refractivity contribution in [3.63, 3.8) is 0 Å². The molecule has 7 heteroatoms. The van der Waals surface area contributed by atoms with Crippen molar-refractivity contribution in [1.82, 2.24) is 14.8 Å². The average molecular weight is 310 g/mol. The summed E-state index contributed by atoms with van der Waals surface area (Å²) >= 11 is 0. The highest BCUT2D eigenvalue weighted by molar-refractivity contribution is 5.64. The number of nitrogens with zero attached hydrogens (tertiary/aromatic N) is 3. The summed E-state index contributed by atoms with van der Waals surface area (Å²) < 4.78 is 17.6. The fourth-order valence-electron chi connectivity index (χ4n) is 2.40. The molecule has 0 radical (unpaired) electrons. The Bertz CT molecular complexity index is 858. The second kappa shape index (κ2) is 5.20. The van der Waals surface area contributed by atoms with Crippen LogP contribution in [0.15, 0.2) is 42.5 Å². The number of fused-ring (bicyclic) bond motifs is 1. The maximum atomic E-state index is 5.75. The molecule has 3 aromatic rings. The Kier molecular flexibility index (Phi) is 3.04. The first-order valence-electron chi connectivity index (χ1n) is 7.01.